The summed E-state index contributed by atoms with van der Waals surface area (Å²) in [6, 6.07) is 5.61. The van der Waals surface area contributed by atoms with Crippen LogP contribution in [0.2, 0.25) is 0 Å². The maximum Gasteiger partial charge on any atom is 0.343 e. The van der Waals surface area contributed by atoms with Gasteiger partial charge in [-0.3, -0.25) is 4.57 Å². The monoisotopic (exact) mass is 289 g/mol. The van der Waals surface area contributed by atoms with Crippen LogP contribution in [-0.2, 0) is 13.5 Å². The standard InChI is InChI=1S/C14H19N5O2/c1-9-4-5-10(2)11(8-9)16-13(20)15-7-6-12-17-18-14(21)19(12)3/h4-5,8H,6-7H2,1-3H3,(H,18,21)(H2,15,16,20). The minimum atomic E-state index is -0.274. The Kier molecular flexibility index (Phi) is 4.42. The number of carbonyl (C=O) groups excluding carboxylic acids is 1. The van der Waals surface area contributed by atoms with Crippen LogP contribution in [0.3, 0.4) is 0 Å². The number of nitrogens with one attached hydrogen (secondary N) is 3. The van der Waals surface area contributed by atoms with E-state index in [1.54, 1.807) is 7.05 Å². The van der Waals surface area contributed by atoms with Crippen LogP contribution in [0.25, 0.3) is 0 Å². The summed E-state index contributed by atoms with van der Waals surface area (Å²) < 4.78 is 1.42. The number of hydrogen-bond donors (Lipinski definition) is 3. The Morgan fingerprint density at radius 2 is 2.14 bits per heavy atom. The predicted octanol–water partition coefficient (Wildman–Crippen LogP) is 1.09. The van der Waals surface area contributed by atoms with E-state index in [0.717, 1.165) is 16.8 Å². The van der Waals surface area contributed by atoms with Crippen LogP contribution in [0.15, 0.2) is 23.0 Å². The van der Waals surface area contributed by atoms with E-state index in [1.807, 2.05) is 32.0 Å². The number of benzene rings is 1. The average molecular weight is 289 g/mol. The lowest BCUT2D eigenvalue weighted by atomic mass is 10.1. The molecule has 1 heterocycles. The van der Waals surface area contributed by atoms with E-state index in [1.165, 1.54) is 4.57 Å². The van der Waals surface area contributed by atoms with Crippen molar-refractivity contribution in [2.75, 3.05) is 11.9 Å². The van der Waals surface area contributed by atoms with Gasteiger partial charge in [0.05, 0.1) is 0 Å². The predicted molar refractivity (Wildman–Crippen MR) is 80.5 cm³/mol. The molecule has 21 heavy (non-hydrogen) atoms. The molecule has 2 aromatic rings. The summed E-state index contributed by atoms with van der Waals surface area (Å²) in [6.45, 7) is 4.31. The number of rotatable bonds is 4. The van der Waals surface area contributed by atoms with Gasteiger partial charge in [0.15, 0.2) is 0 Å². The minimum Gasteiger partial charge on any atom is -0.337 e. The molecule has 7 nitrogen and oxygen atoms in total. The number of aryl methyl sites for hydroxylation is 2. The van der Waals surface area contributed by atoms with Crippen molar-refractivity contribution in [2.45, 2.75) is 20.3 Å². The Labute approximate surface area is 122 Å². The van der Waals surface area contributed by atoms with Gasteiger partial charge in [-0.05, 0) is 31.0 Å². The molecule has 1 aromatic carbocycles. The first-order valence-electron chi connectivity index (χ1n) is 6.70. The number of anilines is 1. The Bertz CT molecular complexity index is 702. The normalized spacial score (nSPS) is 10.4. The fraction of sp³-hybridized carbons (Fsp3) is 0.357. The van der Waals surface area contributed by atoms with E-state index in [4.69, 9.17) is 0 Å². The highest BCUT2D eigenvalue weighted by Gasteiger charge is 2.07. The summed E-state index contributed by atoms with van der Waals surface area (Å²) in [5, 5.41) is 11.8. The zero-order valence-corrected chi connectivity index (χ0v) is 12.4. The Balaban J connectivity index is 1.86. The molecule has 0 fully saturated rings. The quantitative estimate of drug-likeness (QED) is 0.786. The molecule has 2 amide bonds. The molecule has 0 radical (unpaired) electrons. The van der Waals surface area contributed by atoms with Gasteiger partial charge < -0.3 is 10.6 Å². The zero-order chi connectivity index (χ0) is 15.4. The second-order valence-electron chi connectivity index (χ2n) is 4.95. The van der Waals surface area contributed by atoms with E-state index in [2.05, 4.69) is 20.8 Å². The van der Waals surface area contributed by atoms with E-state index in [-0.39, 0.29) is 11.7 Å². The van der Waals surface area contributed by atoms with Crippen molar-refractivity contribution < 1.29 is 4.79 Å². The molecule has 0 unspecified atom stereocenters. The van der Waals surface area contributed by atoms with E-state index < -0.39 is 0 Å². The molecule has 0 bridgehead atoms. The summed E-state index contributed by atoms with van der Waals surface area (Å²) in [7, 11) is 1.64. The van der Waals surface area contributed by atoms with Gasteiger partial charge in [-0.1, -0.05) is 12.1 Å². The fourth-order valence-electron chi connectivity index (χ4n) is 1.93. The van der Waals surface area contributed by atoms with Crippen molar-refractivity contribution in [1.29, 1.82) is 0 Å². The molecule has 112 valence electrons. The molecule has 7 heteroatoms. The summed E-state index contributed by atoms with van der Waals surface area (Å²) in [5.74, 6) is 0.604. The van der Waals surface area contributed by atoms with E-state index >= 15 is 0 Å². The maximum atomic E-state index is 11.8. The fourth-order valence-corrected chi connectivity index (χ4v) is 1.93. The molecule has 0 spiro atoms. The summed E-state index contributed by atoms with van der Waals surface area (Å²) in [6.07, 6.45) is 0.482. The third kappa shape index (κ3) is 3.71. The number of nitrogens with zero attached hydrogens (tertiary/aromatic N) is 2. The third-order valence-electron chi connectivity index (χ3n) is 3.25. The van der Waals surface area contributed by atoms with Crippen LogP contribution < -0.4 is 16.3 Å². The molecular formula is C14H19N5O2. The Morgan fingerprint density at radius 3 is 2.81 bits per heavy atom. The SMILES string of the molecule is Cc1ccc(C)c(NC(=O)NCCc2n[nH]c(=O)n2C)c1. The molecule has 0 aliphatic carbocycles. The highest BCUT2D eigenvalue weighted by Crippen LogP contribution is 2.15. The highest BCUT2D eigenvalue weighted by atomic mass is 16.2. The van der Waals surface area contributed by atoms with Crippen molar-refractivity contribution in [3.63, 3.8) is 0 Å². The number of amides is 2. The molecule has 0 aliphatic heterocycles. The van der Waals surface area contributed by atoms with Gasteiger partial charge >= 0.3 is 11.7 Å². The average Bonchev–Trinajstić information content (AvgIpc) is 2.75. The Hall–Kier alpha value is -2.57. The smallest absolute Gasteiger partial charge is 0.337 e. The number of hydrogen-bond acceptors (Lipinski definition) is 3. The minimum absolute atomic E-state index is 0.259. The first kappa shape index (κ1) is 14.8. The van der Waals surface area contributed by atoms with Gasteiger partial charge in [0.2, 0.25) is 0 Å². The van der Waals surface area contributed by atoms with Crippen LogP contribution in [0.1, 0.15) is 17.0 Å². The largest absolute Gasteiger partial charge is 0.343 e. The van der Waals surface area contributed by atoms with Gasteiger partial charge in [-0.25, -0.2) is 14.7 Å². The second kappa shape index (κ2) is 6.25. The van der Waals surface area contributed by atoms with Crippen LogP contribution in [0.5, 0.6) is 0 Å². The summed E-state index contributed by atoms with van der Waals surface area (Å²) >= 11 is 0. The van der Waals surface area contributed by atoms with Crippen molar-refractivity contribution >= 4 is 11.7 Å². The van der Waals surface area contributed by atoms with Gasteiger partial charge in [0, 0.05) is 25.7 Å². The van der Waals surface area contributed by atoms with Crippen LogP contribution in [-0.4, -0.2) is 27.3 Å². The molecule has 2 rings (SSSR count). The topological polar surface area (TPSA) is 91.8 Å². The van der Waals surface area contributed by atoms with Gasteiger partial charge in [0.1, 0.15) is 5.82 Å². The molecule has 3 N–H and O–H groups in total. The lowest BCUT2D eigenvalue weighted by Crippen LogP contribution is -2.31. The zero-order valence-electron chi connectivity index (χ0n) is 12.4. The maximum absolute atomic E-state index is 11.8. The molecule has 1 aromatic heterocycles. The number of aromatic amines is 1. The molecule has 0 aliphatic rings. The highest BCUT2D eigenvalue weighted by molar-refractivity contribution is 5.90. The van der Waals surface area contributed by atoms with Crippen molar-refractivity contribution in [1.82, 2.24) is 20.1 Å². The Morgan fingerprint density at radius 1 is 1.38 bits per heavy atom. The first-order chi connectivity index (χ1) is 9.97. The lowest BCUT2D eigenvalue weighted by molar-refractivity contribution is 0.252. The molecule has 0 saturated carbocycles. The van der Waals surface area contributed by atoms with Crippen LogP contribution in [0.4, 0.5) is 10.5 Å². The van der Waals surface area contributed by atoms with Gasteiger partial charge in [-0.15, -0.1) is 0 Å². The first-order valence-corrected chi connectivity index (χ1v) is 6.70. The van der Waals surface area contributed by atoms with Gasteiger partial charge in [0.25, 0.3) is 0 Å². The summed E-state index contributed by atoms with van der Waals surface area (Å²) in [4.78, 5) is 23.0. The molecule has 0 atom stereocenters. The van der Waals surface area contributed by atoms with E-state index in [9.17, 15) is 9.59 Å². The van der Waals surface area contributed by atoms with E-state index in [0.29, 0.717) is 18.8 Å². The van der Waals surface area contributed by atoms with Crippen molar-refractivity contribution in [2.24, 2.45) is 7.05 Å². The number of urea groups is 1. The number of H-pyrrole nitrogens is 1. The van der Waals surface area contributed by atoms with Crippen LogP contribution >= 0.6 is 0 Å². The number of aromatic nitrogens is 3. The molecule has 0 saturated heterocycles. The third-order valence-corrected chi connectivity index (χ3v) is 3.25. The summed E-state index contributed by atoms with van der Waals surface area (Å²) in [5.41, 5.74) is 2.62. The lowest BCUT2D eigenvalue weighted by Gasteiger charge is -2.10. The second-order valence-corrected chi connectivity index (χ2v) is 4.95. The van der Waals surface area contributed by atoms with Crippen molar-refractivity contribution in [3.05, 3.63) is 45.6 Å². The van der Waals surface area contributed by atoms with Crippen molar-refractivity contribution in [3.8, 4) is 0 Å². The van der Waals surface area contributed by atoms with Crippen LogP contribution in [0, 0.1) is 13.8 Å². The molecular weight excluding hydrogens is 270 g/mol. The number of carbonyl (C=O) groups is 1. The van der Waals surface area contributed by atoms with Gasteiger partial charge in [-0.2, -0.15) is 5.10 Å².